The van der Waals surface area contributed by atoms with Crippen molar-refractivity contribution in [3.8, 4) is 0 Å². The van der Waals surface area contributed by atoms with Crippen LogP contribution in [-0.4, -0.2) is 12.6 Å². The van der Waals surface area contributed by atoms with Crippen LogP contribution in [0.25, 0.3) is 0 Å². The Bertz CT molecular complexity index is 92.7. The van der Waals surface area contributed by atoms with Gasteiger partial charge in [0.1, 0.15) is 0 Å². The first-order valence-corrected chi connectivity index (χ1v) is 3.49. The highest BCUT2D eigenvalue weighted by molar-refractivity contribution is 4.99. The van der Waals surface area contributed by atoms with Crippen molar-refractivity contribution in [3.05, 3.63) is 12.2 Å². The van der Waals surface area contributed by atoms with Crippen molar-refractivity contribution in [3.63, 3.8) is 0 Å². The van der Waals surface area contributed by atoms with Crippen molar-refractivity contribution < 1.29 is 0 Å². The first kappa shape index (κ1) is 8.70. The van der Waals surface area contributed by atoms with Crippen LogP contribution in [-0.2, 0) is 0 Å². The van der Waals surface area contributed by atoms with Gasteiger partial charge < -0.3 is 5.32 Å². The third-order valence-electron chi connectivity index (χ3n) is 1.41. The summed E-state index contributed by atoms with van der Waals surface area (Å²) in [6, 6.07) is 0. The third-order valence-corrected chi connectivity index (χ3v) is 1.41. The molecule has 0 saturated carbocycles. The van der Waals surface area contributed by atoms with Crippen LogP contribution >= 0.6 is 0 Å². The molecule has 0 aliphatic carbocycles. The smallest absolute Gasteiger partial charge is 0.0304 e. The van der Waals surface area contributed by atoms with E-state index in [1.165, 1.54) is 0 Å². The van der Waals surface area contributed by atoms with Crippen molar-refractivity contribution in [2.75, 3.05) is 7.05 Å². The van der Waals surface area contributed by atoms with E-state index in [-0.39, 0.29) is 5.54 Å². The van der Waals surface area contributed by atoms with Gasteiger partial charge in [-0.1, -0.05) is 19.1 Å². The van der Waals surface area contributed by atoms with Crippen LogP contribution in [0.4, 0.5) is 0 Å². The standard InChI is InChI=1S/C8H17N/c1-5-6-7-8(2,3)9-4/h6-7,9H,5H2,1-4H3/b7-6-. The maximum absolute atomic E-state index is 3.19. The Kier molecular flexibility index (Phi) is 3.55. The molecule has 0 fully saturated rings. The van der Waals surface area contributed by atoms with Crippen molar-refractivity contribution in [1.82, 2.24) is 5.32 Å². The van der Waals surface area contributed by atoms with Gasteiger partial charge in [0.15, 0.2) is 0 Å². The number of nitrogens with one attached hydrogen (secondary N) is 1. The number of rotatable bonds is 3. The predicted octanol–water partition coefficient (Wildman–Crippen LogP) is 1.95. The minimum atomic E-state index is 0.163. The van der Waals surface area contributed by atoms with E-state index in [0.717, 1.165) is 6.42 Å². The molecule has 0 aromatic heterocycles. The highest BCUT2D eigenvalue weighted by Gasteiger charge is 2.07. The molecule has 1 nitrogen and oxygen atoms in total. The normalized spacial score (nSPS) is 12.9. The van der Waals surface area contributed by atoms with Gasteiger partial charge in [-0.05, 0) is 27.3 Å². The summed E-state index contributed by atoms with van der Waals surface area (Å²) in [5.74, 6) is 0. The van der Waals surface area contributed by atoms with Crippen LogP contribution in [0.2, 0.25) is 0 Å². The van der Waals surface area contributed by atoms with Crippen molar-refractivity contribution in [2.24, 2.45) is 0 Å². The van der Waals surface area contributed by atoms with Crippen LogP contribution in [0.3, 0.4) is 0 Å². The van der Waals surface area contributed by atoms with Gasteiger partial charge in [-0.15, -0.1) is 0 Å². The Morgan fingerprint density at radius 3 is 2.33 bits per heavy atom. The molecule has 9 heavy (non-hydrogen) atoms. The van der Waals surface area contributed by atoms with E-state index >= 15 is 0 Å². The van der Waals surface area contributed by atoms with E-state index in [0.29, 0.717) is 0 Å². The molecule has 0 atom stereocenters. The Labute approximate surface area is 58.2 Å². The van der Waals surface area contributed by atoms with Crippen LogP contribution in [0.1, 0.15) is 27.2 Å². The van der Waals surface area contributed by atoms with E-state index in [4.69, 9.17) is 0 Å². The fourth-order valence-electron chi connectivity index (χ4n) is 0.496. The number of likely N-dealkylation sites (N-methyl/N-ethyl adjacent to an activating group) is 1. The second kappa shape index (κ2) is 3.67. The lowest BCUT2D eigenvalue weighted by Crippen LogP contribution is -2.33. The average molecular weight is 127 g/mol. The number of allylic oxidation sites excluding steroid dienone is 1. The summed E-state index contributed by atoms with van der Waals surface area (Å²) in [4.78, 5) is 0. The second-order valence-corrected chi connectivity index (χ2v) is 2.78. The van der Waals surface area contributed by atoms with E-state index < -0.39 is 0 Å². The molecule has 1 heteroatoms. The largest absolute Gasteiger partial charge is 0.311 e. The van der Waals surface area contributed by atoms with Gasteiger partial charge in [0.05, 0.1) is 0 Å². The van der Waals surface area contributed by atoms with E-state index in [2.05, 4.69) is 38.2 Å². The molecule has 54 valence electrons. The summed E-state index contributed by atoms with van der Waals surface area (Å²) < 4.78 is 0. The molecule has 0 radical (unpaired) electrons. The van der Waals surface area contributed by atoms with Crippen molar-refractivity contribution in [2.45, 2.75) is 32.7 Å². The van der Waals surface area contributed by atoms with Crippen LogP contribution < -0.4 is 5.32 Å². The van der Waals surface area contributed by atoms with Crippen molar-refractivity contribution >= 4 is 0 Å². The highest BCUT2D eigenvalue weighted by Crippen LogP contribution is 2.02. The van der Waals surface area contributed by atoms with E-state index in [1.54, 1.807) is 0 Å². The molecule has 0 unspecified atom stereocenters. The molecule has 0 aliphatic rings. The molecule has 0 saturated heterocycles. The number of hydrogen-bond donors (Lipinski definition) is 1. The number of hydrogen-bond acceptors (Lipinski definition) is 1. The zero-order chi connectivity index (χ0) is 7.33. The fourth-order valence-corrected chi connectivity index (χ4v) is 0.496. The Hall–Kier alpha value is -0.300. The molecule has 0 heterocycles. The lowest BCUT2D eigenvalue weighted by atomic mass is 10.1. The first-order chi connectivity index (χ1) is 4.12. The molecule has 0 aliphatic heterocycles. The summed E-state index contributed by atoms with van der Waals surface area (Å²) in [6.07, 6.45) is 5.48. The second-order valence-electron chi connectivity index (χ2n) is 2.78. The molecule has 0 amide bonds. The van der Waals surface area contributed by atoms with Gasteiger partial charge in [-0.2, -0.15) is 0 Å². The summed E-state index contributed by atoms with van der Waals surface area (Å²) in [5, 5.41) is 3.19. The summed E-state index contributed by atoms with van der Waals surface area (Å²) in [5.41, 5.74) is 0.163. The molecular formula is C8H17N. The van der Waals surface area contributed by atoms with Gasteiger partial charge in [-0.25, -0.2) is 0 Å². The minimum Gasteiger partial charge on any atom is -0.311 e. The Morgan fingerprint density at radius 2 is 2.00 bits per heavy atom. The van der Waals surface area contributed by atoms with Gasteiger partial charge in [0, 0.05) is 5.54 Å². The van der Waals surface area contributed by atoms with E-state index in [1.807, 2.05) is 7.05 Å². The summed E-state index contributed by atoms with van der Waals surface area (Å²) in [6.45, 7) is 6.44. The Morgan fingerprint density at radius 1 is 1.44 bits per heavy atom. The molecule has 0 aromatic carbocycles. The quantitative estimate of drug-likeness (QED) is 0.571. The maximum atomic E-state index is 3.19. The van der Waals surface area contributed by atoms with Gasteiger partial charge in [0.25, 0.3) is 0 Å². The topological polar surface area (TPSA) is 12.0 Å². The van der Waals surface area contributed by atoms with Crippen LogP contribution in [0.5, 0.6) is 0 Å². The SMILES string of the molecule is CC/C=C\C(C)(C)NC. The minimum absolute atomic E-state index is 0.163. The average Bonchev–Trinajstić information content (AvgIpc) is 1.84. The Balaban J connectivity index is 3.70. The van der Waals surface area contributed by atoms with Gasteiger partial charge >= 0.3 is 0 Å². The molecule has 0 rings (SSSR count). The summed E-state index contributed by atoms with van der Waals surface area (Å²) in [7, 11) is 1.97. The van der Waals surface area contributed by atoms with E-state index in [9.17, 15) is 0 Å². The molecule has 0 bridgehead atoms. The lowest BCUT2D eigenvalue weighted by Gasteiger charge is -2.18. The lowest BCUT2D eigenvalue weighted by molar-refractivity contribution is 0.526. The highest BCUT2D eigenvalue weighted by atomic mass is 14.9. The first-order valence-electron chi connectivity index (χ1n) is 3.49. The van der Waals surface area contributed by atoms with Crippen LogP contribution in [0, 0.1) is 0 Å². The summed E-state index contributed by atoms with van der Waals surface area (Å²) >= 11 is 0. The molecule has 0 aromatic rings. The zero-order valence-electron chi connectivity index (χ0n) is 6.86. The third kappa shape index (κ3) is 4.22. The monoisotopic (exact) mass is 127 g/mol. The maximum Gasteiger partial charge on any atom is 0.0304 e. The molecular weight excluding hydrogens is 110 g/mol. The molecule has 1 N–H and O–H groups in total. The zero-order valence-corrected chi connectivity index (χ0v) is 6.86. The van der Waals surface area contributed by atoms with Gasteiger partial charge in [0.2, 0.25) is 0 Å². The van der Waals surface area contributed by atoms with Crippen molar-refractivity contribution in [1.29, 1.82) is 0 Å². The predicted molar refractivity (Wildman–Crippen MR) is 42.6 cm³/mol. The molecule has 0 spiro atoms. The van der Waals surface area contributed by atoms with Gasteiger partial charge in [-0.3, -0.25) is 0 Å². The van der Waals surface area contributed by atoms with Crippen LogP contribution in [0.15, 0.2) is 12.2 Å². The fraction of sp³-hybridized carbons (Fsp3) is 0.750.